The van der Waals surface area contributed by atoms with Crippen LogP contribution in [0.3, 0.4) is 0 Å². The molecule has 0 aliphatic carbocycles. The highest BCUT2D eigenvalue weighted by atomic mass is 16.4. The maximum atomic E-state index is 5.96. The molecule has 0 saturated heterocycles. The zero-order valence-electron chi connectivity index (χ0n) is 39.8. The molecule has 0 spiro atoms. The number of pyridine rings is 4. The van der Waals surface area contributed by atoms with E-state index >= 15 is 0 Å². The fourth-order valence-corrected chi connectivity index (χ4v) is 9.07. The molecule has 0 radical (unpaired) electrons. The summed E-state index contributed by atoms with van der Waals surface area (Å²) in [7, 11) is 0. The van der Waals surface area contributed by atoms with E-state index in [0.717, 1.165) is 122 Å². The van der Waals surface area contributed by atoms with Crippen molar-refractivity contribution in [3.05, 3.63) is 218 Å². The highest BCUT2D eigenvalue weighted by Gasteiger charge is 2.16. The summed E-state index contributed by atoms with van der Waals surface area (Å²) in [4.78, 5) is 36.4. The van der Waals surface area contributed by atoms with Crippen LogP contribution in [0.25, 0.3) is 135 Å². The van der Waals surface area contributed by atoms with Gasteiger partial charge in [-0.25, -0.2) is 19.9 Å². The molecule has 0 N–H and O–H groups in total. The Morgan fingerprint density at radius 3 is 0.703 bits per heavy atom. The Labute approximate surface area is 422 Å². The molecule has 0 unspecified atom stereocenters. The summed E-state index contributed by atoms with van der Waals surface area (Å²) in [5.74, 6) is 2.22. The third kappa shape index (κ3) is 8.73. The molecule has 12 nitrogen and oxygen atoms in total. The van der Waals surface area contributed by atoms with Crippen molar-refractivity contribution in [3.63, 3.8) is 0 Å². The lowest BCUT2D eigenvalue weighted by molar-refractivity contribution is 0.619. The normalized spacial score (nSPS) is 11.4. The Bertz CT molecular complexity index is 3710. The minimum atomic E-state index is 0.554. The molecular weight excluding hydrogens is 921 g/mol. The molecule has 0 aliphatic rings. The van der Waals surface area contributed by atoms with E-state index in [0.29, 0.717) is 23.6 Å². The first-order valence-corrected chi connectivity index (χ1v) is 23.9. The van der Waals surface area contributed by atoms with E-state index in [2.05, 4.69) is 114 Å². The van der Waals surface area contributed by atoms with Gasteiger partial charge in [-0.1, -0.05) is 72.8 Å². The smallest absolute Gasteiger partial charge is 0.228 e. The second-order valence-corrected chi connectivity index (χ2v) is 18.0. The summed E-state index contributed by atoms with van der Waals surface area (Å²) < 4.78 is 23.9. The Balaban J connectivity index is 0.000000143. The van der Waals surface area contributed by atoms with E-state index in [1.807, 2.05) is 122 Å². The monoisotopic (exact) mass is 960 g/mol. The Morgan fingerprint density at radius 1 is 0.243 bits per heavy atom. The van der Waals surface area contributed by atoms with Gasteiger partial charge in [0.05, 0.1) is 22.3 Å². The number of aromatic nitrogens is 8. The van der Waals surface area contributed by atoms with E-state index in [1.165, 1.54) is 0 Å². The number of fused-ring (bicyclic) bond motifs is 4. The number of oxazole rings is 4. The lowest BCUT2D eigenvalue weighted by Crippen LogP contribution is -1.89. The number of rotatable bonds is 8. The highest BCUT2D eigenvalue weighted by molar-refractivity contribution is 5.83. The Morgan fingerprint density at radius 2 is 0.459 bits per heavy atom. The van der Waals surface area contributed by atoms with Crippen molar-refractivity contribution in [2.45, 2.75) is 13.8 Å². The molecule has 14 rings (SSSR count). The second kappa shape index (κ2) is 18.5. The number of hydrogen-bond acceptors (Lipinski definition) is 12. The fraction of sp³-hybridized carbons (Fsp3) is 0.0323. The molecule has 8 aromatic heterocycles. The molecule has 0 amide bonds. The number of aryl methyl sites for hydroxylation is 2. The third-order valence-electron chi connectivity index (χ3n) is 12.6. The van der Waals surface area contributed by atoms with Gasteiger partial charge in [0.15, 0.2) is 22.3 Å². The minimum absolute atomic E-state index is 0.554. The van der Waals surface area contributed by atoms with Crippen LogP contribution >= 0.6 is 0 Å². The molecule has 8 heterocycles. The first-order chi connectivity index (χ1) is 36.4. The van der Waals surface area contributed by atoms with Crippen molar-refractivity contribution < 1.29 is 17.7 Å². The van der Waals surface area contributed by atoms with Crippen molar-refractivity contribution in [3.8, 4) is 90.3 Å². The van der Waals surface area contributed by atoms with E-state index in [9.17, 15) is 0 Å². The zero-order valence-corrected chi connectivity index (χ0v) is 39.8. The maximum Gasteiger partial charge on any atom is 0.228 e. The van der Waals surface area contributed by atoms with Gasteiger partial charge < -0.3 is 17.7 Å². The number of hydrogen-bond donors (Lipinski definition) is 0. The van der Waals surface area contributed by atoms with Crippen LogP contribution in [0.1, 0.15) is 11.1 Å². The standard InChI is InChI=1S/2C31H20N4O2/c2*1-19-10-20(22-13-24(17-32-15-22)30-34-26-6-2-4-8-28(26)36-30)12-21(11-19)23-14-25(18-33-16-23)31-35-27-7-3-5-9-29(27)37-31/h2*2-18H,1H3. The summed E-state index contributed by atoms with van der Waals surface area (Å²) in [6.07, 6.45) is 14.5. The number of para-hydroxylation sites is 8. The summed E-state index contributed by atoms with van der Waals surface area (Å²) in [6.45, 7) is 4.17. The van der Waals surface area contributed by atoms with Gasteiger partial charge in [-0.3, -0.25) is 19.9 Å². The zero-order chi connectivity index (χ0) is 49.5. The SMILES string of the molecule is Cc1cc(-c2cncc(-c3nc4ccccc4o3)c2)cc(-c2cncc(-c3nc4ccccc4o3)c2)c1.Cc1cc(-c2cncc(-c3nc4ccccc4o3)c2)cc(-c2cncc(-c3nc4ccccc4o3)c2)c1. The summed E-state index contributed by atoms with van der Waals surface area (Å²) in [5, 5.41) is 0. The molecule has 0 atom stereocenters. The topological polar surface area (TPSA) is 156 Å². The molecular formula is C62H40N8O4. The van der Waals surface area contributed by atoms with Crippen LogP contribution in [0.5, 0.6) is 0 Å². The van der Waals surface area contributed by atoms with Crippen LogP contribution in [-0.4, -0.2) is 39.9 Å². The van der Waals surface area contributed by atoms with Crippen molar-refractivity contribution in [1.82, 2.24) is 39.9 Å². The van der Waals surface area contributed by atoms with Gasteiger partial charge in [0.1, 0.15) is 22.1 Å². The van der Waals surface area contributed by atoms with E-state index < -0.39 is 0 Å². The minimum Gasteiger partial charge on any atom is -0.436 e. The Kier molecular flexibility index (Phi) is 11.0. The quantitative estimate of drug-likeness (QED) is 0.142. The first kappa shape index (κ1) is 43.8. The maximum absolute atomic E-state index is 5.96. The van der Waals surface area contributed by atoms with Crippen LogP contribution in [0.4, 0.5) is 0 Å². The average molecular weight is 961 g/mol. The molecule has 0 saturated carbocycles. The summed E-state index contributed by atoms with van der Waals surface area (Å²) in [5.41, 5.74) is 20.0. The van der Waals surface area contributed by atoms with Crippen LogP contribution in [0.15, 0.2) is 225 Å². The molecule has 12 heteroatoms. The molecule has 74 heavy (non-hydrogen) atoms. The van der Waals surface area contributed by atoms with Gasteiger partial charge in [-0.05, 0) is 132 Å². The van der Waals surface area contributed by atoms with Gasteiger partial charge in [-0.15, -0.1) is 0 Å². The second-order valence-electron chi connectivity index (χ2n) is 18.0. The van der Waals surface area contributed by atoms with Gasteiger partial charge in [0.25, 0.3) is 0 Å². The molecule has 6 aromatic carbocycles. The van der Waals surface area contributed by atoms with Crippen LogP contribution < -0.4 is 0 Å². The van der Waals surface area contributed by atoms with E-state index in [4.69, 9.17) is 17.7 Å². The van der Waals surface area contributed by atoms with Gasteiger partial charge in [0.2, 0.25) is 23.6 Å². The largest absolute Gasteiger partial charge is 0.436 e. The molecule has 0 fully saturated rings. The predicted molar refractivity (Wildman–Crippen MR) is 287 cm³/mol. The highest BCUT2D eigenvalue weighted by Crippen LogP contribution is 2.35. The summed E-state index contributed by atoms with van der Waals surface area (Å²) >= 11 is 0. The van der Waals surface area contributed by atoms with Crippen molar-refractivity contribution in [2.75, 3.05) is 0 Å². The number of benzene rings is 6. The van der Waals surface area contributed by atoms with Gasteiger partial charge in [-0.2, -0.15) is 0 Å². The molecule has 352 valence electrons. The van der Waals surface area contributed by atoms with Crippen molar-refractivity contribution in [2.24, 2.45) is 0 Å². The lowest BCUT2D eigenvalue weighted by Gasteiger charge is -2.09. The predicted octanol–water partition coefficient (Wildman–Crippen LogP) is 15.5. The van der Waals surface area contributed by atoms with E-state index in [1.54, 1.807) is 24.8 Å². The van der Waals surface area contributed by atoms with Crippen molar-refractivity contribution in [1.29, 1.82) is 0 Å². The van der Waals surface area contributed by atoms with Crippen LogP contribution in [0.2, 0.25) is 0 Å². The van der Waals surface area contributed by atoms with Gasteiger partial charge >= 0.3 is 0 Å². The molecule has 0 aliphatic heterocycles. The average Bonchev–Trinajstić information content (AvgIpc) is 4.28. The van der Waals surface area contributed by atoms with E-state index in [-0.39, 0.29) is 0 Å². The number of nitrogens with zero attached hydrogens (tertiary/aromatic N) is 8. The Hall–Kier alpha value is -10.2. The van der Waals surface area contributed by atoms with Crippen LogP contribution in [0, 0.1) is 13.8 Å². The lowest BCUT2D eigenvalue weighted by atomic mass is 9.97. The summed E-state index contributed by atoms with van der Waals surface area (Å²) in [6, 6.07) is 52.1. The molecule has 0 bridgehead atoms. The third-order valence-corrected chi connectivity index (χ3v) is 12.6. The van der Waals surface area contributed by atoms with Crippen molar-refractivity contribution >= 4 is 44.4 Å². The van der Waals surface area contributed by atoms with Crippen LogP contribution in [-0.2, 0) is 0 Å². The van der Waals surface area contributed by atoms with Gasteiger partial charge in [0, 0.05) is 71.8 Å². The first-order valence-electron chi connectivity index (χ1n) is 23.9. The molecule has 14 aromatic rings. The fourth-order valence-electron chi connectivity index (χ4n) is 9.07.